The normalized spacial score (nSPS) is 14.6. The van der Waals surface area contributed by atoms with E-state index >= 15 is 0 Å². The lowest BCUT2D eigenvalue weighted by Gasteiger charge is -2.33. The maximum Gasteiger partial charge on any atom is 0.289 e. The molecule has 156 valence electrons. The van der Waals surface area contributed by atoms with Gasteiger partial charge in [0.25, 0.3) is 5.91 Å². The molecule has 3 rings (SSSR count). The number of methoxy groups -OCH3 is 2. The lowest BCUT2D eigenvalue weighted by molar-refractivity contribution is -0.117. The molecule has 1 aliphatic heterocycles. The van der Waals surface area contributed by atoms with Gasteiger partial charge in [0.05, 0.1) is 31.5 Å². The van der Waals surface area contributed by atoms with Gasteiger partial charge in [0.15, 0.2) is 5.76 Å². The zero-order chi connectivity index (χ0) is 21.0. The number of carbonyl (C=O) groups is 2. The molecule has 0 aliphatic carbocycles. The number of hydrogen-bond donors (Lipinski definition) is 1. The first-order valence-corrected chi connectivity index (χ1v) is 9.58. The quantitative estimate of drug-likeness (QED) is 0.772. The summed E-state index contributed by atoms with van der Waals surface area (Å²) in [6.45, 7) is 4.26. The predicted molar refractivity (Wildman–Crippen MR) is 109 cm³/mol. The van der Waals surface area contributed by atoms with E-state index in [0.717, 1.165) is 0 Å². The molecule has 0 bridgehead atoms. The molecule has 0 spiro atoms. The van der Waals surface area contributed by atoms with E-state index in [9.17, 15) is 9.59 Å². The number of anilines is 1. The van der Waals surface area contributed by atoms with Gasteiger partial charge in [0.1, 0.15) is 17.3 Å². The predicted octanol–water partition coefficient (Wildman–Crippen LogP) is 2.66. The topological polar surface area (TPSA) is 84.3 Å². The van der Waals surface area contributed by atoms with Crippen LogP contribution in [0, 0.1) is 6.92 Å². The molecule has 1 aromatic carbocycles. The van der Waals surface area contributed by atoms with Crippen molar-refractivity contribution in [1.29, 1.82) is 0 Å². The highest BCUT2D eigenvalue weighted by atomic mass is 35.5. The SMILES string of the molecule is COc1cc(OC)c(NC(=O)CN2CCN(C(=O)c3ccc(C)o3)CC2)cc1Cl. The molecule has 9 heteroatoms. The number of benzene rings is 1. The van der Waals surface area contributed by atoms with Crippen LogP contribution in [0.1, 0.15) is 16.3 Å². The number of piperazine rings is 1. The van der Waals surface area contributed by atoms with Crippen molar-refractivity contribution >= 4 is 29.1 Å². The summed E-state index contributed by atoms with van der Waals surface area (Å²) in [4.78, 5) is 28.6. The second-order valence-electron chi connectivity index (χ2n) is 6.71. The summed E-state index contributed by atoms with van der Waals surface area (Å²) in [5.74, 6) is 1.67. The fourth-order valence-corrected chi connectivity index (χ4v) is 3.41. The fraction of sp³-hybridized carbons (Fsp3) is 0.400. The van der Waals surface area contributed by atoms with Crippen LogP contribution >= 0.6 is 11.6 Å². The Bertz CT molecular complexity index is 890. The summed E-state index contributed by atoms with van der Waals surface area (Å²) >= 11 is 6.14. The summed E-state index contributed by atoms with van der Waals surface area (Å²) in [6, 6.07) is 6.68. The van der Waals surface area contributed by atoms with Crippen LogP contribution in [-0.4, -0.2) is 68.6 Å². The molecule has 0 atom stereocenters. The van der Waals surface area contributed by atoms with Gasteiger partial charge in [-0.1, -0.05) is 11.6 Å². The average molecular weight is 422 g/mol. The van der Waals surface area contributed by atoms with E-state index < -0.39 is 0 Å². The maximum atomic E-state index is 12.5. The van der Waals surface area contributed by atoms with Gasteiger partial charge in [-0.05, 0) is 25.1 Å². The minimum atomic E-state index is -0.189. The van der Waals surface area contributed by atoms with E-state index in [2.05, 4.69) is 5.32 Å². The second-order valence-corrected chi connectivity index (χ2v) is 7.12. The Morgan fingerprint density at radius 3 is 2.38 bits per heavy atom. The van der Waals surface area contributed by atoms with Crippen LogP contribution < -0.4 is 14.8 Å². The van der Waals surface area contributed by atoms with Gasteiger partial charge in [0, 0.05) is 32.2 Å². The number of hydrogen-bond acceptors (Lipinski definition) is 6. The van der Waals surface area contributed by atoms with Crippen molar-refractivity contribution in [1.82, 2.24) is 9.80 Å². The van der Waals surface area contributed by atoms with Crippen molar-refractivity contribution in [3.63, 3.8) is 0 Å². The number of halogens is 1. The molecule has 8 nitrogen and oxygen atoms in total. The van der Waals surface area contributed by atoms with Crippen LogP contribution in [0.2, 0.25) is 5.02 Å². The van der Waals surface area contributed by atoms with E-state index in [1.54, 1.807) is 36.1 Å². The molecule has 2 aromatic rings. The van der Waals surface area contributed by atoms with Gasteiger partial charge in [0.2, 0.25) is 5.91 Å². The number of furan rings is 1. The van der Waals surface area contributed by atoms with E-state index in [0.29, 0.717) is 59.9 Å². The van der Waals surface area contributed by atoms with E-state index in [1.807, 2.05) is 4.90 Å². The highest BCUT2D eigenvalue weighted by Crippen LogP contribution is 2.35. The lowest BCUT2D eigenvalue weighted by Crippen LogP contribution is -2.50. The van der Waals surface area contributed by atoms with Gasteiger partial charge < -0.3 is 24.1 Å². The Morgan fingerprint density at radius 2 is 1.79 bits per heavy atom. The van der Waals surface area contributed by atoms with Crippen molar-refractivity contribution in [3.05, 3.63) is 40.8 Å². The highest BCUT2D eigenvalue weighted by Gasteiger charge is 2.25. The van der Waals surface area contributed by atoms with Crippen molar-refractivity contribution in [2.24, 2.45) is 0 Å². The summed E-state index contributed by atoms with van der Waals surface area (Å²) in [6.07, 6.45) is 0. The second kappa shape index (κ2) is 9.19. The summed E-state index contributed by atoms with van der Waals surface area (Å²) in [5.41, 5.74) is 0.477. The van der Waals surface area contributed by atoms with Crippen LogP contribution in [-0.2, 0) is 4.79 Å². The molecule has 0 saturated carbocycles. The summed E-state index contributed by atoms with van der Waals surface area (Å²) in [7, 11) is 3.02. The van der Waals surface area contributed by atoms with Crippen LogP contribution in [0.3, 0.4) is 0 Å². The van der Waals surface area contributed by atoms with Crippen LogP contribution in [0.4, 0.5) is 5.69 Å². The highest BCUT2D eigenvalue weighted by molar-refractivity contribution is 6.32. The Balaban J connectivity index is 1.54. The van der Waals surface area contributed by atoms with Gasteiger partial charge in [-0.3, -0.25) is 14.5 Å². The third-order valence-electron chi connectivity index (χ3n) is 4.73. The zero-order valence-corrected chi connectivity index (χ0v) is 17.4. The van der Waals surface area contributed by atoms with Crippen LogP contribution in [0.5, 0.6) is 11.5 Å². The Kier molecular flexibility index (Phi) is 6.66. The summed E-state index contributed by atoms with van der Waals surface area (Å²) in [5, 5.41) is 3.20. The Morgan fingerprint density at radius 1 is 1.10 bits per heavy atom. The monoisotopic (exact) mass is 421 g/mol. The molecule has 1 fully saturated rings. The first-order chi connectivity index (χ1) is 13.9. The van der Waals surface area contributed by atoms with Gasteiger partial charge >= 0.3 is 0 Å². The van der Waals surface area contributed by atoms with E-state index in [-0.39, 0.29) is 18.4 Å². The molecular formula is C20H24ClN3O5. The van der Waals surface area contributed by atoms with Crippen molar-refractivity contribution in [3.8, 4) is 11.5 Å². The Labute approximate surface area is 174 Å². The Hall–Kier alpha value is -2.71. The number of amides is 2. The molecule has 2 heterocycles. The van der Waals surface area contributed by atoms with Crippen molar-refractivity contribution in [2.45, 2.75) is 6.92 Å². The van der Waals surface area contributed by atoms with Gasteiger partial charge in [-0.2, -0.15) is 0 Å². The number of nitrogens with zero attached hydrogens (tertiary/aromatic N) is 2. The minimum absolute atomic E-state index is 0.125. The third kappa shape index (κ3) is 5.02. The average Bonchev–Trinajstić information content (AvgIpc) is 3.14. The summed E-state index contributed by atoms with van der Waals surface area (Å²) < 4.78 is 15.9. The van der Waals surface area contributed by atoms with Crippen molar-refractivity contribution in [2.75, 3.05) is 52.3 Å². The molecular weight excluding hydrogens is 398 g/mol. The molecule has 1 N–H and O–H groups in total. The molecule has 1 aliphatic rings. The number of carbonyl (C=O) groups excluding carboxylic acids is 2. The molecule has 0 unspecified atom stereocenters. The molecule has 1 saturated heterocycles. The first-order valence-electron chi connectivity index (χ1n) is 9.20. The van der Waals surface area contributed by atoms with Crippen molar-refractivity contribution < 1.29 is 23.5 Å². The third-order valence-corrected chi connectivity index (χ3v) is 5.02. The number of nitrogens with one attached hydrogen (secondary N) is 1. The van der Waals surface area contributed by atoms with Crippen LogP contribution in [0.15, 0.2) is 28.7 Å². The zero-order valence-electron chi connectivity index (χ0n) is 16.7. The van der Waals surface area contributed by atoms with Gasteiger partial charge in [-0.15, -0.1) is 0 Å². The fourth-order valence-electron chi connectivity index (χ4n) is 3.16. The minimum Gasteiger partial charge on any atom is -0.495 e. The smallest absolute Gasteiger partial charge is 0.289 e. The standard InChI is InChI=1S/C20H24ClN3O5/c1-13-4-5-16(29-13)20(26)24-8-6-23(7-9-24)12-19(25)22-15-10-14(21)17(27-2)11-18(15)28-3/h4-5,10-11H,6-9,12H2,1-3H3,(H,22,25). The molecule has 0 radical (unpaired) electrons. The van der Waals surface area contributed by atoms with E-state index in [4.69, 9.17) is 25.5 Å². The number of rotatable bonds is 6. The lowest BCUT2D eigenvalue weighted by atomic mass is 10.2. The molecule has 1 aromatic heterocycles. The number of ether oxygens (including phenoxy) is 2. The molecule has 29 heavy (non-hydrogen) atoms. The number of aryl methyl sites for hydroxylation is 1. The maximum absolute atomic E-state index is 12.5. The van der Waals surface area contributed by atoms with E-state index in [1.165, 1.54) is 14.2 Å². The largest absolute Gasteiger partial charge is 0.495 e. The molecule has 2 amide bonds. The first kappa shape index (κ1) is 21.0. The van der Waals surface area contributed by atoms with Crippen LogP contribution in [0.25, 0.3) is 0 Å². The van der Waals surface area contributed by atoms with Gasteiger partial charge in [-0.25, -0.2) is 0 Å².